The quantitative estimate of drug-likeness (QED) is 0.0958. The Morgan fingerprint density at radius 2 is 1.52 bits per heavy atom. The highest BCUT2D eigenvalue weighted by atomic mass is 32.2. The van der Waals surface area contributed by atoms with Crippen molar-refractivity contribution in [1.29, 1.82) is 0 Å². The highest BCUT2D eigenvalue weighted by Crippen LogP contribution is 2.32. The number of anilines is 4. The number of nitrogens with zero attached hydrogens (tertiary/aromatic N) is 10. The van der Waals surface area contributed by atoms with E-state index in [4.69, 9.17) is 14.2 Å². The number of thioether (sulfide) groups is 1. The van der Waals surface area contributed by atoms with Crippen molar-refractivity contribution in [2.24, 2.45) is 4.99 Å². The third-order valence-electron chi connectivity index (χ3n) is 12.0. The smallest absolute Gasteiger partial charge is 0.270 e. The molecule has 4 amide bonds. The van der Waals surface area contributed by atoms with Crippen molar-refractivity contribution >= 4 is 86.7 Å². The predicted octanol–water partition coefficient (Wildman–Crippen LogP) is 3.35. The topological polar surface area (TPSA) is 244 Å². The molecule has 6 aromatic heterocycles. The lowest BCUT2D eigenvalue weighted by molar-refractivity contribution is -0.124. The van der Waals surface area contributed by atoms with Crippen LogP contribution in [-0.4, -0.2) is 150 Å². The highest BCUT2D eigenvalue weighted by Gasteiger charge is 2.30. The van der Waals surface area contributed by atoms with E-state index < -0.39 is 0 Å². The van der Waals surface area contributed by atoms with Gasteiger partial charge in [0.1, 0.15) is 22.5 Å². The zero-order valence-corrected chi connectivity index (χ0v) is 39.0. The Kier molecular flexibility index (Phi) is 14.2. The van der Waals surface area contributed by atoms with Gasteiger partial charge in [0.25, 0.3) is 17.7 Å². The summed E-state index contributed by atoms with van der Waals surface area (Å²) >= 11 is 1.42. The number of hydrogen-bond donors (Lipinski definition) is 4. The second-order valence-electron chi connectivity index (χ2n) is 16.4. The number of pyridine rings is 6. The third-order valence-corrected chi connectivity index (χ3v) is 13.0. The average Bonchev–Trinajstić information content (AvgIpc) is 4.07. The standard InChI is InChI=1S/C24H25N7O4.C23H25N7O3S/c1-30(22(33)12-25-11-15-3-5-19-24(27-15)28-20(32)14-35-19)16-8-10-31(13-16)18-7-9-26-17-4-6-21(34-2)29-23(17)18;1-33-20-5-3-15-21(29-20)17(6-8-25-15)30-11-7-14(12-30)24-9-10-26-23(32)16-2-4-18-22(27-16)28-19(31)13-34-18/h3-7,9,12,16H,8,10-11,13-14H2,1-2H3,(H,27,28,32);2-6,8,14,24H,7,9-13H2,1H3,(H,26,32)(H,27,28,31). The van der Waals surface area contributed by atoms with Crippen LogP contribution in [0.1, 0.15) is 29.0 Å². The van der Waals surface area contributed by atoms with E-state index in [2.05, 4.69) is 66.0 Å². The number of carbonyl (C=O) groups excluding carboxylic acids is 4. The maximum Gasteiger partial charge on any atom is 0.270 e. The molecule has 2 atom stereocenters. The fraction of sp³-hybridized carbons (Fsp3) is 0.340. The number of hydrogen-bond acceptors (Lipinski definition) is 18. The summed E-state index contributed by atoms with van der Waals surface area (Å²) in [7, 11) is 4.99. The van der Waals surface area contributed by atoms with Crippen LogP contribution < -0.4 is 45.3 Å². The summed E-state index contributed by atoms with van der Waals surface area (Å²) in [4.78, 5) is 86.2. The fourth-order valence-corrected chi connectivity index (χ4v) is 9.12. The Labute approximate surface area is 400 Å². The van der Waals surface area contributed by atoms with Gasteiger partial charge in [-0.2, -0.15) is 0 Å². The maximum absolute atomic E-state index is 12.8. The monoisotopic (exact) mass is 954 g/mol. The van der Waals surface area contributed by atoms with E-state index in [1.165, 1.54) is 18.0 Å². The molecule has 2 unspecified atom stereocenters. The molecule has 356 valence electrons. The van der Waals surface area contributed by atoms with Gasteiger partial charge in [0.05, 0.1) is 71.8 Å². The summed E-state index contributed by atoms with van der Waals surface area (Å²) in [5, 5.41) is 11.8. The van der Waals surface area contributed by atoms with Gasteiger partial charge in [0.15, 0.2) is 18.2 Å². The van der Waals surface area contributed by atoms with E-state index in [0.717, 1.165) is 70.8 Å². The van der Waals surface area contributed by atoms with Crippen LogP contribution in [0.2, 0.25) is 0 Å². The van der Waals surface area contributed by atoms with E-state index >= 15 is 0 Å². The zero-order valence-electron chi connectivity index (χ0n) is 38.2. The van der Waals surface area contributed by atoms with Crippen LogP contribution in [0, 0.1) is 0 Å². The van der Waals surface area contributed by atoms with Crippen molar-refractivity contribution in [2.75, 3.05) is 93.3 Å². The molecule has 4 aliphatic rings. The van der Waals surface area contributed by atoms with Crippen molar-refractivity contribution in [2.45, 2.75) is 36.4 Å². The molecule has 21 nitrogen and oxygen atoms in total. The molecule has 0 spiro atoms. The zero-order chi connectivity index (χ0) is 47.9. The Hall–Kier alpha value is -7.72. The molecule has 0 bridgehead atoms. The minimum Gasteiger partial charge on any atom is -0.481 e. The van der Waals surface area contributed by atoms with Crippen molar-refractivity contribution < 1.29 is 33.4 Å². The minimum atomic E-state index is -0.259. The lowest BCUT2D eigenvalue weighted by Gasteiger charge is -2.24. The maximum atomic E-state index is 12.8. The van der Waals surface area contributed by atoms with E-state index in [1.807, 2.05) is 36.4 Å². The number of nitrogens with one attached hydrogen (secondary N) is 4. The van der Waals surface area contributed by atoms with Crippen LogP contribution in [0.25, 0.3) is 22.1 Å². The summed E-state index contributed by atoms with van der Waals surface area (Å²) in [6.45, 7) is 4.55. The number of methoxy groups -OCH3 is 2. The molecule has 0 radical (unpaired) electrons. The van der Waals surface area contributed by atoms with Crippen LogP contribution in [0.5, 0.6) is 17.5 Å². The normalized spacial score (nSPS) is 17.3. The lowest BCUT2D eigenvalue weighted by Crippen LogP contribution is -2.39. The van der Waals surface area contributed by atoms with Crippen molar-refractivity contribution in [3.05, 3.63) is 84.4 Å². The molecule has 4 N–H and O–H groups in total. The molecule has 4 aliphatic heterocycles. The molecule has 22 heteroatoms. The largest absolute Gasteiger partial charge is 0.481 e. The molecule has 0 saturated carbocycles. The summed E-state index contributed by atoms with van der Waals surface area (Å²) in [5.41, 5.74) is 6.19. The van der Waals surface area contributed by atoms with Crippen LogP contribution >= 0.6 is 11.8 Å². The van der Waals surface area contributed by atoms with Gasteiger partial charge < -0.3 is 50.2 Å². The highest BCUT2D eigenvalue weighted by molar-refractivity contribution is 8.00. The molecule has 0 aliphatic carbocycles. The first-order valence-electron chi connectivity index (χ1n) is 22.4. The number of aromatic nitrogens is 6. The van der Waals surface area contributed by atoms with Crippen molar-refractivity contribution in [1.82, 2.24) is 45.4 Å². The second-order valence-corrected chi connectivity index (χ2v) is 17.4. The van der Waals surface area contributed by atoms with Crippen LogP contribution in [-0.2, 0) is 20.9 Å². The van der Waals surface area contributed by atoms with Crippen LogP contribution in [0.4, 0.5) is 23.0 Å². The number of carbonyl (C=O) groups is 4. The molecular weight excluding hydrogens is 905 g/mol. The predicted molar refractivity (Wildman–Crippen MR) is 261 cm³/mol. The van der Waals surface area contributed by atoms with E-state index in [-0.39, 0.29) is 42.8 Å². The fourth-order valence-electron chi connectivity index (χ4n) is 8.36. The molecule has 10 rings (SSSR count). The first kappa shape index (κ1) is 46.4. The lowest BCUT2D eigenvalue weighted by atomic mass is 10.2. The van der Waals surface area contributed by atoms with Gasteiger partial charge in [-0.1, -0.05) is 0 Å². The molecular formula is C47H50N14O7S. The van der Waals surface area contributed by atoms with Crippen molar-refractivity contribution in [3.63, 3.8) is 0 Å². The summed E-state index contributed by atoms with van der Waals surface area (Å²) in [6.07, 6.45) is 6.72. The van der Waals surface area contributed by atoms with Gasteiger partial charge in [-0.25, -0.2) is 19.9 Å². The Balaban J connectivity index is 0.000000172. The van der Waals surface area contributed by atoms with Gasteiger partial charge >= 0.3 is 0 Å². The molecule has 2 saturated heterocycles. The van der Waals surface area contributed by atoms with E-state index in [0.29, 0.717) is 72.0 Å². The number of amides is 4. The Morgan fingerprint density at radius 1 is 0.826 bits per heavy atom. The summed E-state index contributed by atoms with van der Waals surface area (Å²) in [6, 6.07) is 18.7. The van der Waals surface area contributed by atoms with E-state index in [9.17, 15) is 19.2 Å². The number of fused-ring (bicyclic) bond motifs is 4. The van der Waals surface area contributed by atoms with Crippen molar-refractivity contribution in [3.8, 4) is 17.5 Å². The van der Waals surface area contributed by atoms with E-state index in [1.54, 1.807) is 62.8 Å². The molecule has 10 heterocycles. The van der Waals surface area contributed by atoms with Gasteiger partial charge in [-0.05, 0) is 61.4 Å². The Morgan fingerprint density at radius 3 is 2.25 bits per heavy atom. The SMILES string of the molecule is COc1ccc2nccc(N3CCC(N(C)C(=O)C=NCc4ccc5c(n4)NC(=O)CO5)C3)c2n1.COc1ccc2nccc(N3CCC(NCCNC(=O)c4ccc5c(n4)NC(=O)CS5)C3)c2n1. The molecule has 2 fully saturated rings. The average molecular weight is 955 g/mol. The second kappa shape index (κ2) is 21.1. The third kappa shape index (κ3) is 10.9. The summed E-state index contributed by atoms with van der Waals surface area (Å²) in [5.74, 6) is 2.04. The van der Waals surface area contributed by atoms with Gasteiger partial charge in [-0.3, -0.25) is 34.1 Å². The van der Waals surface area contributed by atoms with Crippen LogP contribution in [0.3, 0.4) is 0 Å². The first-order valence-corrected chi connectivity index (χ1v) is 23.3. The molecule has 69 heavy (non-hydrogen) atoms. The number of rotatable bonds is 13. The Bertz CT molecular complexity index is 2940. The van der Waals surface area contributed by atoms with Gasteiger partial charge in [0.2, 0.25) is 17.7 Å². The first-order chi connectivity index (χ1) is 33.6. The van der Waals surface area contributed by atoms with Crippen LogP contribution in [0.15, 0.2) is 82.9 Å². The minimum absolute atomic E-state index is 0.0201. The summed E-state index contributed by atoms with van der Waals surface area (Å²) < 4.78 is 15.9. The number of ether oxygens (including phenoxy) is 3. The van der Waals surface area contributed by atoms with Gasteiger partial charge in [0, 0.05) is 76.9 Å². The molecule has 6 aromatic rings. The van der Waals surface area contributed by atoms with Gasteiger partial charge in [-0.15, -0.1) is 11.8 Å². The number of likely N-dealkylation sites (N-methyl/N-ethyl adjacent to an activating group) is 1. The number of aliphatic imine (C=N–C) groups is 1. The molecule has 0 aromatic carbocycles.